The molecule has 0 heterocycles. The number of nitrogens with zero attached hydrogens (tertiary/aromatic N) is 1. The lowest BCUT2D eigenvalue weighted by Crippen LogP contribution is -2.35. The zero-order valence-electron chi connectivity index (χ0n) is 11.2. The molecule has 0 aromatic heterocycles. The molecule has 1 unspecified atom stereocenters. The largest absolute Gasteiger partial charge is 0.484 e. The SMILES string of the molecule is CCCC(O)CNC(=O)COc1ccc([N+](=O)[O-])cc1. The van der Waals surface area contributed by atoms with Crippen LogP contribution in [0.5, 0.6) is 5.75 Å². The minimum absolute atomic E-state index is 0.0375. The molecule has 0 aliphatic carbocycles. The van der Waals surface area contributed by atoms with Crippen LogP contribution in [-0.2, 0) is 4.79 Å². The lowest BCUT2D eigenvalue weighted by atomic mass is 10.2. The number of hydrogen-bond acceptors (Lipinski definition) is 5. The highest BCUT2D eigenvalue weighted by atomic mass is 16.6. The maximum absolute atomic E-state index is 11.4. The summed E-state index contributed by atoms with van der Waals surface area (Å²) in [5.74, 6) is 0.0263. The summed E-state index contributed by atoms with van der Waals surface area (Å²) in [5.41, 5.74) is -0.0375. The van der Waals surface area contributed by atoms with Gasteiger partial charge in [0.25, 0.3) is 11.6 Å². The van der Waals surface area contributed by atoms with Crippen molar-refractivity contribution in [3.05, 3.63) is 34.4 Å². The molecule has 2 N–H and O–H groups in total. The number of nitro benzene ring substituents is 1. The minimum atomic E-state index is -0.552. The van der Waals surface area contributed by atoms with Gasteiger partial charge >= 0.3 is 0 Å². The van der Waals surface area contributed by atoms with Gasteiger partial charge in [-0.1, -0.05) is 13.3 Å². The molecular formula is C13H18N2O5. The van der Waals surface area contributed by atoms with Gasteiger partial charge in [-0.25, -0.2) is 0 Å². The third-order valence-electron chi connectivity index (χ3n) is 2.57. The van der Waals surface area contributed by atoms with Crippen LogP contribution in [0.15, 0.2) is 24.3 Å². The Morgan fingerprint density at radius 2 is 2.10 bits per heavy atom. The van der Waals surface area contributed by atoms with Crippen LogP contribution < -0.4 is 10.1 Å². The summed E-state index contributed by atoms with van der Waals surface area (Å²) in [5, 5.41) is 22.4. The first-order valence-electron chi connectivity index (χ1n) is 6.35. The van der Waals surface area contributed by atoms with Crippen LogP contribution >= 0.6 is 0 Å². The van der Waals surface area contributed by atoms with E-state index < -0.39 is 11.0 Å². The van der Waals surface area contributed by atoms with Crippen LogP contribution in [0.4, 0.5) is 5.69 Å². The molecule has 7 heteroatoms. The Kier molecular flexibility index (Phi) is 6.45. The molecule has 0 fully saturated rings. The first-order chi connectivity index (χ1) is 9.52. The molecule has 0 aliphatic heterocycles. The van der Waals surface area contributed by atoms with Crippen LogP contribution in [-0.4, -0.2) is 35.2 Å². The van der Waals surface area contributed by atoms with Gasteiger partial charge in [0.05, 0.1) is 11.0 Å². The number of non-ortho nitro benzene ring substituents is 1. The fourth-order valence-electron chi connectivity index (χ4n) is 1.53. The molecule has 1 rings (SSSR count). The van der Waals surface area contributed by atoms with E-state index in [0.717, 1.165) is 6.42 Å². The highest BCUT2D eigenvalue weighted by Gasteiger charge is 2.08. The first-order valence-corrected chi connectivity index (χ1v) is 6.35. The van der Waals surface area contributed by atoms with E-state index in [1.54, 1.807) is 0 Å². The van der Waals surface area contributed by atoms with E-state index in [1.807, 2.05) is 6.92 Å². The van der Waals surface area contributed by atoms with Crippen molar-refractivity contribution < 1.29 is 19.6 Å². The number of carbonyl (C=O) groups is 1. The first kappa shape index (κ1) is 15.9. The highest BCUT2D eigenvalue weighted by molar-refractivity contribution is 5.77. The smallest absolute Gasteiger partial charge is 0.269 e. The number of ether oxygens (including phenoxy) is 1. The van der Waals surface area contributed by atoms with Crippen LogP contribution in [0.25, 0.3) is 0 Å². The van der Waals surface area contributed by atoms with Crippen LogP contribution in [0.1, 0.15) is 19.8 Å². The average Bonchev–Trinajstić information content (AvgIpc) is 2.43. The summed E-state index contributed by atoms with van der Waals surface area (Å²) in [4.78, 5) is 21.4. The maximum Gasteiger partial charge on any atom is 0.269 e. The van der Waals surface area contributed by atoms with E-state index in [2.05, 4.69) is 5.32 Å². The molecule has 1 amide bonds. The molecule has 0 aliphatic rings. The molecule has 0 saturated carbocycles. The number of nitro groups is 1. The number of aliphatic hydroxyl groups is 1. The van der Waals surface area contributed by atoms with E-state index in [0.29, 0.717) is 12.2 Å². The second-order valence-electron chi connectivity index (χ2n) is 4.29. The quantitative estimate of drug-likeness (QED) is 0.552. The van der Waals surface area contributed by atoms with E-state index >= 15 is 0 Å². The van der Waals surface area contributed by atoms with Crippen LogP contribution in [0.3, 0.4) is 0 Å². The zero-order chi connectivity index (χ0) is 15.0. The van der Waals surface area contributed by atoms with Gasteiger partial charge in [0, 0.05) is 18.7 Å². The second kappa shape index (κ2) is 8.11. The molecule has 110 valence electrons. The Labute approximate surface area is 116 Å². The fraction of sp³-hybridized carbons (Fsp3) is 0.462. The number of benzene rings is 1. The summed E-state index contributed by atoms with van der Waals surface area (Å²) < 4.78 is 5.18. The Morgan fingerprint density at radius 1 is 1.45 bits per heavy atom. The van der Waals surface area contributed by atoms with Crippen molar-refractivity contribution in [2.75, 3.05) is 13.2 Å². The normalized spacial score (nSPS) is 11.7. The van der Waals surface area contributed by atoms with Crippen molar-refractivity contribution >= 4 is 11.6 Å². The van der Waals surface area contributed by atoms with Gasteiger partial charge in [-0.05, 0) is 18.6 Å². The molecule has 1 aromatic rings. The third-order valence-corrected chi connectivity index (χ3v) is 2.57. The predicted octanol–water partition coefficient (Wildman–Crippen LogP) is 1.25. The lowest BCUT2D eigenvalue weighted by molar-refractivity contribution is -0.384. The monoisotopic (exact) mass is 282 g/mol. The van der Waals surface area contributed by atoms with Gasteiger partial charge < -0.3 is 15.2 Å². The molecular weight excluding hydrogens is 264 g/mol. The van der Waals surface area contributed by atoms with Crippen molar-refractivity contribution in [1.82, 2.24) is 5.32 Å². The molecule has 7 nitrogen and oxygen atoms in total. The van der Waals surface area contributed by atoms with E-state index in [9.17, 15) is 20.0 Å². The number of amides is 1. The lowest BCUT2D eigenvalue weighted by Gasteiger charge is -2.11. The maximum atomic E-state index is 11.4. The van der Waals surface area contributed by atoms with E-state index in [4.69, 9.17) is 4.74 Å². The fourth-order valence-corrected chi connectivity index (χ4v) is 1.53. The number of hydrogen-bond donors (Lipinski definition) is 2. The third kappa shape index (κ3) is 5.66. The molecule has 0 saturated heterocycles. The standard InChI is InChI=1S/C13H18N2O5/c1-2-3-11(16)8-14-13(17)9-20-12-6-4-10(5-7-12)15(18)19/h4-7,11,16H,2-3,8-9H2,1H3,(H,14,17). The van der Waals surface area contributed by atoms with Gasteiger partial charge in [-0.15, -0.1) is 0 Å². The summed E-state index contributed by atoms with van der Waals surface area (Å²) in [6, 6.07) is 5.46. The van der Waals surface area contributed by atoms with Gasteiger partial charge in [0.1, 0.15) is 5.75 Å². The molecule has 20 heavy (non-hydrogen) atoms. The van der Waals surface area contributed by atoms with E-state index in [-0.39, 0.29) is 24.7 Å². The van der Waals surface area contributed by atoms with Crippen molar-refractivity contribution in [2.45, 2.75) is 25.9 Å². The highest BCUT2D eigenvalue weighted by Crippen LogP contribution is 2.16. The Balaban J connectivity index is 2.32. The van der Waals surface area contributed by atoms with Crippen molar-refractivity contribution in [2.24, 2.45) is 0 Å². The predicted molar refractivity (Wildman–Crippen MR) is 72.5 cm³/mol. The molecule has 0 radical (unpaired) electrons. The zero-order valence-corrected chi connectivity index (χ0v) is 11.2. The van der Waals surface area contributed by atoms with Crippen LogP contribution in [0, 0.1) is 10.1 Å². The Hall–Kier alpha value is -2.15. The number of carbonyl (C=O) groups excluding carboxylic acids is 1. The Bertz CT molecular complexity index is 447. The van der Waals surface area contributed by atoms with Crippen molar-refractivity contribution in [1.29, 1.82) is 0 Å². The molecule has 1 atom stereocenters. The van der Waals surface area contributed by atoms with Crippen LogP contribution in [0.2, 0.25) is 0 Å². The topological polar surface area (TPSA) is 102 Å². The van der Waals surface area contributed by atoms with Crippen molar-refractivity contribution in [3.8, 4) is 5.75 Å². The van der Waals surface area contributed by atoms with Gasteiger partial charge in [-0.2, -0.15) is 0 Å². The summed E-state index contributed by atoms with van der Waals surface area (Å²) in [7, 11) is 0. The van der Waals surface area contributed by atoms with Crippen molar-refractivity contribution in [3.63, 3.8) is 0 Å². The number of aliphatic hydroxyl groups excluding tert-OH is 1. The number of nitrogens with one attached hydrogen (secondary N) is 1. The van der Waals surface area contributed by atoms with Gasteiger partial charge in [-0.3, -0.25) is 14.9 Å². The summed E-state index contributed by atoms with van der Waals surface area (Å²) in [6.45, 7) is 1.94. The second-order valence-corrected chi connectivity index (χ2v) is 4.29. The molecule has 0 spiro atoms. The minimum Gasteiger partial charge on any atom is -0.484 e. The van der Waals surface area contributed by atoms with Gasteiger partial charge in [0.15, 0.2) is 6.61 Å². The average molecular weight is 282 g/mol. The summed E-state index contributed by atoms with van der Waals surface area (Å²) in [6.07, 6.45) is 0.920. The Morgan fingerprint density at radius 3 is 2.65 bits per heavy atom. The summed E-state index contributed by atoms with van der Waals surface area (Å²) >= 11 is 0. The number of rotatable bonds is 8. The molecule has 0 bridgehead atoms. The van der Waals surface area contributed by atoms with E-state index in [1.165, 1.54) is 24.3 Å². The molecule has 1 aromatic carbocycles. The van der Waals surface area contributed by atoms with Gasteiger partial charge in [0.2, 0.25) is 0 Å².